The molecule has 146 valence electrons. The van der Waals surface area contributed by atoms with Crippen molar-refractivity contribution in [1.29, 1.82) is 0 Å². The van der Waals surface area contributed by atoms with Gasteiger partial charge in [0.15, 0.2) is 5.16 Å². The van der Waals surface area contributed by atoms with Gasteiger partial charge in [0.1, 0.15) is 0 Å². The SMILES string of the molecule is CCCn1c(SCC(=O)NCCc2cccc(Cl)c2)nc2ccccc2c1=O. The van der Waals surface area contributed by atoms with E-state index in [4.69, 9.17) is 11.6 Å². The highest BCUT2D eigenvalue weighted by Crippen LogP contribution is 2.18. The van der Waals surface area contributed by atoms with Crippen molar-refractivity contribution in [2.45, 2.75) is 31.5 Å². The summed E-state index contributed by atoms with van der Waals surface area (Å²) >= 11 is 7.26. The van der Waals surface area contributed by atoms with E-state index in [1.807, 2.05) is 49.4 Å². The lowest BCUT2D eigenvalue weighted by Crippen LogP contribution is -2.28. The molecule has 0 unspecified atom stereocenters. The van der Waals surface area contributed by atoms with Crippen LogP contribution in [0.15, 0.2) is 58.5 Å². The van der Waals surface area contributed by atoms with Gasteiger partial charge in [-0.05, 0) is 42.7 Å². The van der Waals surface area contributed by atoms with E-state index >= 15 is 0 Å². The molecule has 2 aromatic carbocycles. The van der Waals surface area contributed by atoms with Crippen LogP contribution in [0.1, 0.15) is 18.9 Å². The van der Waals surface area contributed by atoms with Crippen molar-refractivity contribution in [1.82, 2.24) is 14.9 Å². The molecule has 0 aliphatic rings. The fourth-order valence-corrected chi connectivity index (χ4v) is 3.97. The van der Waals surface area contributed by atoms with Crippen LogP contribution >= 0.6 is 23.4 Å². The third-order valence-electron chi connectivity index (χ3n) is 4.23. The number of nitrogens with one attached hydrogen (secondary N) is 1. The molecule has 0 aliphatic heterocycles. The van der Waals surface area contributed by atoms with E-state index in [2.05, 4.69) is 10.3 Å². The quantitative estimate of drug-likeness (QED) is 0.447. The Bertz CT molecular complexity index is 1040. The number of aromatic nitrogens is 2. The maximum absolute atomic E-state index is 12.7. The molecule has 0 saturated heterocycles. The van der Waals surface area contributed by atoms with Gasteiger partial charge in [0.05, 0.1) is 16.7 Å². The largest absolute Gasteiger partial charge is 0.355 e. The van der Waals surface area contributed by atoms with Crippen molar-refractivity contribution < 1.29 is 4.79 Å². The highest BCUT2D eigenvalue weighted by atomic mass is 35.5. The van der Waals surface area contributed by atoms with E-state index in [1.165, 1.54) is 11.8 Å². The van der Waals surface area contributed by atoms with E-state index in [9.17, 15) is 9.59 Å². The number of hydrogen-bond acceptors (Lipinski definition) is 4. The predicted octanol–water partition coefficient (Wildman–Crippen LogP) is 3.91. The zero-order chi connectivity index (χ0) is 19.9. The van der Waals surface area contributed by atoms with Gasteiger partial charge in [-0.25, -0.2) is 4.98 Å². The fourth-order valence-electron chi connectivity index (χ4n) is 2.90. The van der Waals surface area contributed by atoms with E-state index in [0.717, 1.165) is 12.0 Å². The Hall–Kier alpha value is -2.31. The smallest absolute Gasteiger partial charge is 0.262 e. The van der Waals surface area contributed by atoms with Crippen molar-refractivity contribution >= 4 is 40.2 Å². The molecule has 3 aromatic rings. The minimum Gasteiger partial charge on any atom is -0.355 e. The molecule has 5 nitrogen and oxygen atoms in total. The fraction of sp³-hybridized carbons (Fsp3) is 0.286. The normalized spacial score (nSPS) is 10.9. The summed E-state index contributed by atoms with van der Waals surface area (Å²) in [6.07, 6.45) is 1.53. The van der Waals surface area contributed by atoms with Crippen LogP contribution in [-0.4, -0.2) is 27.8 Å². The van der Waals surface area contributed by atoms with Crippen LogP contribution in [0.2, 0.25) is 5.02 Å². The number of halogens is 1. The highest BCUT2D eigenvalue weighted by molar-refractivity contribution is 7.99. The Balaban J connectivity index is 1.63. The van der Waals surface area contributed by atoms with E-state index in [-0.39, 0.29) is 17.2 Å². The Labute approximate surface area is 173 Å². The van der Waals surface area contributed by atoms with Crippen LogP contribution in [0.4, 0.5) is 0 Å². The number of rotatable bonds is 8. The third kappa shape index (κ3) is 5.14. The molecule has 1 amide bonds. The molecule has 0 atom stereocenters. The van der Waals surface area contributed by atoms with Gasteiger partial charge in [0.25, 0.3) is 5.56 Å². The van der Waals surface area contributed by atoms with Crippen molar-refractivity contribution in [3.05, 3.63) is 69.5 Å². The van der Waals surface area contributed by atoms with E-state index in [0.29, 0.717) is 40.6 Å². The third-order valence-corrected chi connectivity index (χ3v) is 5.44. The average molecular weight is 416 g/mol. The number of amides is 1. The lowest BCUT2D eigenvalue weighted by Gasteiger charge is -2.12. The minimum atomic E-state index is -0.0857. The van der Waals surface area contributed by atoms with Gasteiger partial charge in [0.2, 0.25) is 5.91 Å². The number of benzene rings is 2. The van der Waals surface area contributed by atoms with Gasteiger partial charge in [-0.15, -0.1) is 0 Å². The maximum Gasteiger partial charge on any atom is 0.262 e. The molecule has 0 bridgehead atoms. The summed E-state index contributed by atoms with van der Waals surface area (Å²) in [5, 5.41) is 4.78. The molecule has 1 heterocycles. The second kappa shape index (κ2) is 9.75. The molecule has 1 N–H and O–H groups in total. The monoisotopic (exact) mass is 415 g/mol. The summed E-state index contributed by atoms with van der Waals surface area (Å²) in [5.41, 5.74) is 1.67. The lowest BCUT2D eigenvalue weighted by molar-refractivity contribution is -0.118. The predicted molar refractivity (Wildman–Crippen MR) is 115 cm³/mol. The second-order valence-electron chi connectivity index (χ2n) is 6.39. The molecular weight excluding hydrogens is 394 g/mol. The standard InChI is InChI=1S/C21H22ClN3O2S/c1-2-12-25-20(27)17-8-3-4-9-18(17)24-21(25)28-14-19(26)23-11-10-15-6-5-7-16(22)13-15/h3-9,13H,2,10-12,14H2,1H3,(H,23,26). The van der Waals surface area contributed by atoms with Gasteiger partial charge in [-0.2, -0.15) is 0 Å². The summed E-state index contributed by atoms with van der Waals surface area (Å²) in [5.74, 6) is 0.127. The number of fused-ring (bicyclic) bond motifs is 1. The summed E-state index contributed by atoms with van der Waals surface area (Å²) in [7, 11) is 0. The second-order valence-corrected chi connectivity index (χ2v) is 7.77. The van der Waals surface area contributed by atoms with Gasteiger partial charge in [-0.1, -0.05) is 54.6 Å². The molecule has 3 rings (SSSR count). The molecule has 0 spiro atoms. The number of thioether (sulfide) groups is 1. The van der Waals surface area contributed by atoms with Crippen LogP contribution in [-0.2, 0) is 17.8 Å². The number of para-hydroxylation sites is 1. The van der Waals surface area contributed by atoms with Crippen LogP contribution in [0.3, 0.4) is 0 Å². The number of nitrogens with zero attached hydrogens (tertiary/aromatic N) is 2. The average Bonchev–Trinajstić information content (AvgIpc) is 2.69. The minimum absolute atomic E-state index is 0.0590. The van der Waals surface area contributed by atoms with Gasteiger partial charge < -0.3 is 5.32 Å². The van der Waals surface area contributed by atoms with E-state index in [1.54, 1.807) is 10.6 Å². The molecule has 0 aliphatic carbocycles. The Morgan fingerprint density at radius 3 is 2.82 bits per heavy atom. The van der Waals surface area contributed by atoms with Crippen molar-refractivity contribution in [2.75, 3.05) is 12.3 Å². The molecule has 28 heavy (non-hydrogen) atoms. The Kier molecular flexibility index (Phi) is 7.12. The Morgan fingerprint density at radius 1 is 1.21 bits per heavy atom. The topological polar surface area (TPSA) is 64.0 Å². The van der Waals surface area contributed by atoms with Crippen LogP contribution in [0, 0.1) is 0 Å². The Morgan fingerprint density at radius 2 is 2.04 bits per heavy atom. The van der Waals surface area contributed by atoms with Crippen molar-refractivity contribution in [2.24, 2.45) is 0 Å². The highest BCUT2D eigenvalue weighted by Gasteiger charge is 2.12. The van der Waals surface area contributed by atoms with Crippen molar-refractivity contribution in [3.8, 4) is 0 Å². The summed E-state index contributed by atoms with van der Waals surface area (Å²) in [6, 6.07) is 14.9. The van der Waals surface area contributed by atoms with Gasteiger partial charge in [-0.3, -0.25) is 14.2 Å². The first-order valence-corrected chi connectivity index (χ1v) is 10.6. The lowest BCUT2D eigenvalue weighted by atomic mass is 10.1. The summed E-state index contributed by atoms with van der Waals surface area (Å²) in [6.45, 7) is 3.13. The molecule has 1 aromatic heterocycles. The molecule has 0 radical (unpaired) electrons. The number of carbonyl (C=O) groups excluding carboxylic acids is 1. The molecular formula is C21H22ClN3O2S. The molecule has 0 fully saturated rings. The molecule has 0 saturated carbocycles. The first-order valence-electron chi connectivity index (χ1n) is 9.22. The maximum atomic E-state index is 12.7. The summed E-state index contributed by atoms with van der Waals surface area (Å²) in [4.78, 5) is 29.6. The summed E-state index contributed by atoms with van der Waals surface area (Å²) < 4.78 is 1.66. The zero-order valence-corrected chi connectivity index (χ0v) is 17.2. The van der Waals surface area contributed by atoms with Gasteiger partial charge >= 0.3 is 0 Å². The van der Waals surface area contributed by atoms with Crippen LogP contribution in [0.25, 0.3) is 10.9 Å². The van der Waals surface area contributed by atoms with Crippen molar-refractivity contribution in [3.63, 3.8) is 0 Å². The number of carbonyl (C=O) groups is 1. The first kappa shape index (κ1) is 20.4. The zero-order valence-electron chi connectivity index (χ0n) is 15.7. The molecule has 7 heteroatoms. The number of hydrogen-bond donors (Lipinski definition) is 1. The van der Waals surface area contributed by atoms with Crippen LogP contribution < -0.4 is 10.9 Å². The van der Waals surface area contributed by atoms with Gasteiger partial charge in [0, 0.05) is 18.1 Å². The van der Waals surface area contributed by atoms with Crippen LogP contribution in [0.5, 0.6) is 0 Å². The van der Waals surface area contributed by atoms with E-state index < -0.39 is 0 Å². The first-order chi connectivity index (χ1) is 13.6.